The maximum Gasteiger partial charge on any atom is 0.422 e. The fourth-order valence-electron chi connectivity index (χ4n) is 3.51. The maximum absolute atomic E-state index is 13.5. The molecular formula is C20H31F5O10S. The Kier molecular flexibility index (Phi) is 11.3. The van der Waals surface area contributed by atoms with Crippen LogP contribution in [0.3, 0.4) is 0 Å². The summed E-state index contributed by atoms with van der Waals surface area (Å²) < 4.78 is 108. The van der Waals surface area contributed by atoms with Crippen LogP contribution in [0, 0.1) is 16.2 Å². The molecule has 0 fully saturated rings. The second-order valence-corrected chi connectivity index (χ2v) is 11.0. The van der Waals surface area contributed by atoms with Gasteiger partial charge in [-0.25, -0.2) is 0 Å². The van der Waals surface area contributed by atoms with Gasteiger partial charge in [0.2, 0.25) is 0 Å². The Labute approximate surface area is 205 Å². The van der Waals surface area contributed by atoms with Gasteiger partial charge < -0.3 is 19.3 Å². The number of aliphatic hydroxyl groups is 1. The Balaban J connectivity index is 6.03. The van der Waals surface area contributed by atoms with Crippen molar-refractivity contribution < 1.29 is 68.6 Å². The lowest BCUT2D eigenvalue weighted by Gasteiger charge is -2.39. The standard InChI is InChI=1S/C20H31F5O10S/c1-6-17(4,14(28)35-12-20(24,25)36(30,31)32)10-18(5,15(29)33-8-7-26)9-16(2,3)13(27)34-11-19(21,22)23/h26H,6-12H2,1-5H3,(H,30,31,32). The van der Waals surface area contributed by atoms with Gasteiger partial charge in [-0.1, -0.05) is 6.92 Å². The summed E-state index contributed by atoms with van der Waals surface area (Å²) in [5.41, 5.74) is -5.34. The summed E-state index contributed by atoms with van der Waals surface area (Å²) in [7, 11) is -5.90. The quantitative estimate of drug-likeness (QED) is 0.141. The molecule has 10 nitrogen and oxygen atoms in total. The maximum atomic E-state index is 13.5. The number of esters is 3. The van der Waals surface area contributed by atoms with Gasteiger partial charge in [0.05, 0.1) is 22.9 Å². The van der Waals surface area contributed by atoms with Crippen LogP contribution in [0.5, 0.6) is 0 Å². The van der Waals surface area contributed by atoms with Gasteiger partial charge in [-0.15, -0.1) is 0 Å². The zero-order valence-electron chi connectivity index (χ0n) is 20.4. The lowest BCUT2D eigenvalue weighted by atomic mass is 9.65. The van der Waals surface area contributed by atoms with Gasteiger partial charge in [-0.05, 0) is 47.0 Å². The van der Waals surface area contributed by atoms with Crippen LogP contribution in [0.15, 0.2) is 0 Å². The van der Waals surface area contributed by atoms with Gasteiger partial charge in [0.25, 0.3) is 0 Å². The average molecular weight is 559 g/mol. The SMILES string of the molecule is CCC(C)(CC(C)(CC(C)(C)C(=O)OCC(F)(F)F)C(=O)OCCO)C(=O)OCC(F)(F)S(=O)(=O)O. The fraction of sp³-hybridized carbons (Fsp3) is 0.850. The first-order chi connectivity index (χ1) is 16.0. The minimum absolute atomic E-state index is 0.162. The van der Waals surface area contributed by atoms with Crippen LogP contribution in [-0.4, -0.2) is 73.8 Å². The molecule has 0 spiro atoms. The minimum atomic E-state index is -5.90. The number of rotatable bonds is 14. The van der Waals surface area contributed by atoms with Gasteiger partial charge in [0, 0.05) is 0 Å². The summed E-state index contributed by atoms with van der Waals surface area (Å²) in [5, 5.41) is 4.14. The first-order valence-corrected chi connectivity index (χ1v) is 11.9. The predicted octanol–water partition coefficient (Wildman–Crippen LogP) is 2.88. The molecule has 0 radical (unpaired) electrons. The highest BCUT2D eigenvalue weighted by Gasteiger charge is 2.52. The van der Waals surface area contributed by atoms with Crippen molar-refractivity contribution in [3.63, 3.8) is 0 Å². The molecule has 16 heteroatoms. The molecular weight excluding hydrogens is 527 g/mol. The molecule has 0 aliphatic carbocycles. The van der Waals surface area contributed by atoms with Crippen molar-refractivity contribution in [1.82, 2.24) is 0 Å². The highest BCUT2D eigenvalue weighted by Crippen LogP contribution is 2.46. The predicted molar refractivity (Wildman–Crippen MR) is 112 cm³/mol. The average Bonchev–Trinajstić information content (AvgIpc) is 2.71. The molecule has 0 aliphatic rings. The lowest BCUT2D eigenvalue weighted by molar-refractivity contribution is -0.194. The van der Waals surface area contributed by atoms with Crippen LogP contribution in [0.4, 0.5) is 22.0 Å². The van der Waals surface area contributed by atoms with Crippen molar-refractivity contribution in [1.29, 1.82) is 0 Å². The zero-order chi connectivity index (χ0) is 28.8. The summed E-state index contributed by atoms with van der Waals surface area (Å²) in [5.74, 6) is -3.77. The monoisotopic (exact) mass is 558 g/mol. The third kappa shape index (κ3) is 9.76. The van der Waals surface area contributed by atoms with Crippen molar-refractivity contribution in [3.05, 3.63) is 0 Å². The molecule has 0 aliphatic heterocycles. The van der Waals surface area contributed by atoms with E-state index in [1.165, 1.54) is 34.6 Å². The number of ether oxygens (including phenoxy) is 3. The van der Waals surface area contributed by atoms with Gasteiger partial charge in [-0.2, -0.15) is 30.4 Å². The number of carbonyl (C=O) groups excluding carboxylic acids is 3. The van der Waals surface area contributed by atoms with Crippen molar-refractivity contribution in [2.45, 2.75) is 65.3 Å². The summed E-state index contributed by atoms with van der Waals surface area (Å²) in [6, 6.07) is 0. The fourth-order valence-corrected chi connectivity index (χ4v) is 3.72. The second kappa shape index (κ2) is 12.0. The Morgan fingerprint density at radius 1 is 0.778 bits per heavy atom. The van der Waals surface area contributed by atoms with E-state index in [0.717, 1.165) is 0 Å². The van der Waals surface area contributed by atoms with Crippen LogP contribution in [-0.2, 0) is 38.7 Å². The molecule has 2 unspecified atom stereocenters. The van der Waals surface area contributed by atoms with Crippen LogP contribution in [0.1, 0.15) is 53.9 Å². The summed E-state index contributed by atoms with van der Waals surface area (Å²) in [4.78, 5) is 37.8. The number of hydrogen-bond donors (Lipinski definition) is 2. The molecule has 36 heavy (non-hydrogen) atoms. The third-order valence-electron chi connectivity index (χ3n) is 5.37. The van der Waals surface area contributed by atoms with E-state index >= 15 is 0 Å². The minimum Gasteiger partial charge on any atom is -0.463 e. The van der Waals surface area contributed by atoms with E-state index in [9.17, 15) is 44.8 Å². The number of aliphatic hydroxyl groups excluding tert-OH is 1. The topological polar surface area (TPSA) is 154 Å². The molecule has 0 aromatic heterocycles. The molecule has 0 saturated carbocycles. The number of alkyl halides is 5. The molecule has 0 heterocycles. The lowest BCUT2D eigenvalue weighted by Crippen LogP contribution is -2.45. The van der Waals surface area contributed by atoms with E-state index in [-0.39, 0.29) is 6.42 Å². The Morgan fingerprint density at radius 2 is 1.25 bits per heavy atom. The molecule has 2 atom stereocenters. The van der Waals surface area contributed by atoms with Crippen LogP contribution >= 0.6 is 0 Å². The molecule has 212 valence electrons. The summed E-state index contributed by atoms with van der Waals surface area (Å²) >= 11 is 0. The van der Waals surface area contributed by atoms with Crippen molar-refractivity contribution >= 4 is 28.0 Å². The highest BCUT2D eigenvalue weighted by molar-refractivity contribution is 7.86. The van der Waals surface area contributed by atoms with Gasteiger partial charge >= 0.3 is 39.5 Å². The Morgan fingerprint density at radius 3 is 1.67 bits per heavy atom. The van der Waals surface area contributed by atoms with Crippen LogP contribution in [0.25, 0.3) is 0 Å². The summed E-state index contributed by atoms with van der Waals surface area (Å²) in [6.45, 7) is 1.15. The van der Waals surface area contributed by atoms with Crippen LogP contribution < -0.4 is 0 Å². The number of hydrogen-bond acceptors (Lipinski definition) is 9. The number of carbonyl (C=O) groups is 3. The normalized spacial score (nSPS) is 16.4. The molecule has 0 saturated heterocycles. The first kappa shape index (κ1) is 33.9. The zero-order valence-corrected chi connectivity index (χ0v) is 21.2. The van der Waals surface area contributed by atoms with E-state index in [4.69, 9.17) is 14.4 Å². The largest absolute Gasteiger partial charge is 0.463 e. The van der Waals surface area contributed by atoms with E-state index in [2.05, 4.69) is 9.47 Å². The van der Waals surface area contributed by atoms with Gasteiger partial charge in [0.15, 0.2) is 13.2 Å². The van der Waals surface area contributed by atoms with Crippen molar-refractivity contribution in [3.8, 4) is 0 Å². The van der Waals surface area contributed by atoms with Gasteiger partial charge in [-0.3, -0.25) is 18.9 Å². The van der Waals surface area contributed by atoms with E-state index < -0.39 is 95.0 Å². The second-order valence-electron chi connectivity index (χ2n) is 9.45. The molecule has 2 N–H and O–H groups in total. The molecule has 0 aromatic carbocycles. The Bertz CT molecular complexity index is 903. The molecule has 0 bridgehead atoms. The van der Waals surface area contributed by atoms with E-state index in [0.29, 0.717) is 0 Å². The van der Waals surface area contributed by atoms with Gasteiger partial charge in [0.1, 0.15) is 6.61 Å². The molecule has 0 aromatic rings. The van der Waals surface area contributed by atoms with Crippen molar-refractivity contribution in [2.75, 3.05) is 26.4 Å². The first-order valence-electron chi connectivity index (χ1n) is 10.5. The molecule has 0 rings (SSSR count). The van der Waals surface area contributed by atoms with E-state index in [1.54, 1.807) is 0 Å². The molecule has 0 amide bonds. The Hall–Kier alpha value is -2.07. The van der Waals surface area contributed by atoms with Crippen LogP contribution in [0.2, 0.25) is 0 Å². The summed E-state index contributed by atoms with van der Waals surface area (Å²) in [6.07, 6.45) is -6.06. The number of halogens is 5. The van der Waals surface area contributed by atoms with E-state index in [1.807, 2.05) is 0 Å². The highest BCUT2D eigenvalue weighted by atomic mass is 32.2. The van der Waals surface area contributed by atoms with Crippen molar-refractivity contribution in [2.24, 2.45) is 16.2 Å². The smallest absolute Gasteiger partial charge is 0.422 e. The third-order valence-corrected chi connectivity index (χ3v) is 6.24.